The van der Waals surface area contributed by atoms with Crippen LogP contribution in [0.1, 0.15) is 5.56 Å². The Hall–Kier alpha value is -4.20. The normalized spacial score (nSPS) is 11.8. The molecule has 31 heavy (non-hydrogen) atoms. The number of methoxy groups -OCH3 is 1. The molecule has 156 valence electrons. The highest BCUT2D eigenvalue weighted by molar-refractivity contribution is 5.97. The number of carboxylic acids is 1. The molecule has 2 aromatic carbocycles. The molecule has 1 unspecified atom stereocenters. The third-order valence-corrected chi connectivity index (χ3v) is 4.87. The predicted octanol–water partition coefficient (Wildman–Crippen LogP) is 4.16. The smallest absolute Gasteiger partial charge is 0.417 e. The molecule has 0 aliphatic rings. The van der Waals surface area contributed by atoms with Crippen LogP contribution in [0, 0.1) is 0 Å². The maximum atomic E-state index is 12.6. The zero-order chi connectivity index (χ0) is 21.8. The molecule has 0 aliphatic heterocycles. The Morgan fingerprint density at radius 1 is 1.06 bits per heavy atom. The number of carbonyl (C=O) groups excluding carboxylic acids is 1. The lowest BCUT2D eigenvalue weighted by atomic mass is 10.0. The van der Waals surface area contributed by atoms with E-state index in [1.54, 1.807) is 36.7 Å². The molecule has 4 rings (SSSR count). The van der Waals surface area contributed by atoms with E-state index in [9.17, 15) is 14.7 Å². The summed E-state index contributed by atoms with van der Waals surface area (Å²) in [6.45, 7) is 0. The molecule has 8 nitrogen and oxygen atoms in total. The summed E-state index contributed by atoms with van der Waals surface area (Å²) in [5.74, 6) is -1.08. The monoisotopic (exact) mass is 417 g/mol. The van der Waals surface area contributed by atoms with Crippen LogP contribution in [0.4, 0.5) is 10.7 Å². The van der Waals surface area contributed by atoms with Crippen molar-refractivity contribution < 1.29 is 23.8 Å². The summed E-state index contributed by atoms with van der Waals surface area (Å²) >= 11 is 0. The summed E-state index contributed by atoms with van der Waals surface area (Å²) in [7, 11) is 1.20. The van der Waals surface area contributed by atoms with Gasteiger partial charge in [-0.2, -0.15) is 0 Å². The Balaban J connectivity index is 1.74. The first-order valence-electron chi connectivity index (χ1n) is 9.49. The molecular weight excluding hydrogens is 398 g/mol. The first-order chi connectivity index (χ1) is 15.1. The second kappa shape index (κ2) is 8.66. The number of furan rings is 1. The largest absolute Gasteiger partial charge is 0.480 e. The third kappa shape index (κ3) is 4.23. The van der Waals surface area contributed by atoms with Crippen LogP contribution >= 0.6 is 0 Å². The minimum absolute atomic E-state index is 0.0895. The number of nitrogens with zero attached hydrogens (tertiary/aromatic N) is 3. The molecule has 0 saturated carbocycles. The van der Waals surface area contributed by atoms with E-state index < -0.39 is 18.1 Å². The molecule has 0 radical (unpaired) electrons. The zero-order valence-corrected chi connectivity index (χ0v) is 16.6. The van der Waals surface area contributed by atoms with Gasteiger partial charge in [0.15, 0.2) is 0 Å². The molecule has 1 amide bonds. The van der Waals surface area contributed by atoms with Gasteiger partial charge < -0.3 is 14.3 Å². The van der Waals surface area contributed by atoms with Crippen molar-refractivity contribution in [2.24, 2.45) is 0 Å². The SMILES string of the molecule is COC(=O)N(c1cc2cc(-c3cncnc3)ccc2o1)C(Cc1ccccc1)C(=O)O. The summed E-state index contributed by atoms with van der Waals surface area (Å²) in [5, 5.41) is 10.6. The number of rotatable bonds is 6. The van der Waals surface area contributed by atoms with Crippen molar-refractivity contribution in [1.82, 2.24) is 9.97 Å². The molecule has 0 spiro atoms. The average molecular weight is 417 g/mol. The number of benzene rings is 2. The minimum Gasteiger partial charge on any atom is -0.480 e. The van der Waals surface area contributed by atoms with Gasteiger partial charge in [-0.15, -0.1) is 0 Å². The van der Waals surface area contributed by atoms with E-state index in [0.29, 0.717) is 11.0 Å². The van der Waals surface area contributed by atoms with E-state index in [-0.39, 0.29) is 12.3 Å². The molecule has 4 aromatic rings. The molecule has 2 aromatic heterocycles. The summed E-state index contributed by atoms with van der Waals surface area (Å²) < 4.78 is 10.7. The van der Waals surface area contributed by atoms with Gasteiger partial charge in [0, 0.05) is 35.8 Å². The molecule has 0 aliphatic carbocycles. The van der Waals surface area contributed by atoms with Crippen LogP contribution in [0.3, 0.4) is 0 Å². The number of ether oxygens (including phenoxy) is 1. The number of fused-ring (bicyclic) bond motifs is 1. The van der Waals surface area contributed by atoms with Crippen molar-refractivity contribution >= 4 is 28.9 Å². The van der Waals surface area contributed by atoms with Crippen molar-refractivity contribution in [1.29, 1.82) is 0 Å². The van der Waals surface area contributed by atoms with Gasteiger partial charge in [-0.3, -0.25) is 0 Å². The molecule has 0 bridgehead atoms. The summed E-state index contributed by atoms with van der Waals surface area (Å²) in [6, 6.07) is 14.9. The topological polar surface area (TPSA) is 106 Å². The highest BCUT2D eigenvalue weighted by Gasteiger charge is 2.34. The van der Waals surface area contributed by atoms with E-state index in [1.807, 2.05) is 30.3 Å². The van der Waals surface area contributed by atoms with Crippen LogP contribution in [0.2, 0.25) is 0 Å². The van der Waals surface area contributed by atoms with Crippen LogP contribution in [-0.4, -0.2) is 40.3 Å². The second-order valence-electron chi connectivity index (χ2n) is 6.85. The summed E-state index contributed by atoms with van der Waals surface area (Å²) in [5.41, 5.74) is 2.97. The number of carbonyl (C=O) groups is 2. The Morgan fingerprint density at radius 3 is 2.48 bits per heavy atom. The lowest BCUT2D eigenvalue weighted by Gasteiger charge is -2.25. The summed E-state index contributed by atoms with van der Waals surface area (Å²) in [4.78, 5) is 33.7. The van der Waals surface area contributed by atoms with Gasteiger partial charge in [0.1, 0.15) is 18.0 Å². The van der Waals surface area contributed by atoms with Gasteiger partial charge in [-0.1, -0.05) is 36.4 Å². The van der Waals surface area contributed by atoms with Crippen LogP contribution in [0.5, 0.6) is 0 Å². The number of anilines is 1. The van der Waals surface area contributed by atoms with Gasteiger partial charge in [-0.05, 0) is 23.3 Å². The van der Waals surface area contributed by atoms with Crippen LogP contribution in [-0.2, 0) is 16.0 Å². The van der Waals surface area contributed by atoms with Crippen LogP contribution in [0.25, 0.3) is 22.1 Å². The van der Waals surface area contributed by atoms with Crippen LogP contribution in [0.15, 0.2) is 77.7 Å². The Morgan fingerprint density at radius 2 is 1.81 bits per heavy atom. The van der Waals surface area contributed by atoms with Gasteiger partial charge >= 0.3 is 12.1 Å². The molecule has 1 atom stereocenters. The fourth-order valence-electron chi connectivity index (χ4n) is 3.37. The van der Waals surface area contributed by atoms with Crippen molar-refractivity contribution in [2.45, 2.75) is 12.5 Å². The highest BCUT2D eigenvalue weighted by Crippen LogP contribution is 2.32. The lowest BCUT2D eigenvalue weighted by molar-refractivity contribution is -0.138. The number of amides is 1. The van der Waals surface area contributed by atoms with Gasteiger partial charge in [-0.25, -0.2) is 24.5 Å². The van der Waals surface area contributed by atoms with Gasteiger partial charge in [0.25, 0.3) is 0 Å². The highest BCUT2D eigenvalue weighted by atomic mass is 16.5. The molecule has 0 saturated heterocycles. The van der Waals surface area contributed by atoms with E-state index in [1.165, 1.54) is 13.4 Å². The van der Waals surface area contributed by atoms with Crippen molar-refractivity contribution in [2.75, 3.05) is 12.0 Å². The second-order valence-corrected chi connectivity index (χ2v) is 6.85. The third-order valence-electron chi connectivity index (χ3n) is 4.87. The van der Waals surface area contributed by atoms with Gasteiger partial charge in [0.2, 0.25) is 5.88 Å². The number of carboxylic acid groups (broad SMARTS) is 1. The summed E-state index contributed by atoms with van der Waals surface area (Å²) in [6.07, 6.45) is 4.10. The Kier molecular flexibility index (Phi) is 5.61. The number of aliphatic carboxylic acids is 1. The average Bonchev–Trinajstić information content (AvgIpc) is 3.22. The standard InChI is InChI=1S/C23H19N3O5/c1-30-23(29)26(19(22(27)28)9-15-5-3-2-4-6-15)21-11-17-10-16(7-8-20(17)31-21)18-12-24-14-25-13-18/h2-8,10-14,19H,9H2,1H3,(H,27,28). The minimum atomic E-state index is -1.21. The predicted molar refractivity (Wildman–Crippen MR) is 114 cm³/mol. The lowest BCUT2D eigenvalue weighted by Crippen LogP contribution is -2.46. The fourth-order valence-corrected chi connectivity index (χ4v) is 3.37. The van der Waals surface area contributed by atoms with E-state index in [4.69, 9.17) is 9.15 Å². The molecular formula is C23H19N3O5. The maximum Gasteiger partial charge on any atom is 0.417 e. The Bertz CT molecular complexity index is 1210. The first kappa shape index (κ1) is 20.1. The fraction of sp³-hybridized carbons (Fsp3) is 0.130. The zero-order valence-electron chi connectivity index (χ0n) is 16.6. The van der Waals surface area contributed by atoms with Crippen molar-refractivity contribution in [3.05, 3.63) is 78.9 Å². The van der Waals surface area contributed by atoms with Crippen molar-refractivity contribution in [3.8, 4) is 11.1 Å². The van der Waals surface area contributed by atoms with E-state index >= 15 is 0 Å². The van der Waals surface area contributed by atoms with Crippen molar-refractivity contribution in [3.63, 3.8) is 0 Å². The number of hydrogen-bond acceptors (Lipinski definition) is 6. The molecule has 2 heterocycles. The number of hydrogen-bond donors (Lipinski definition) is 1. The molecule has 1 N–H and O–H groups in total. The quantitative estimate of drug-likeness (QED) is 0.502. The van der Waals surface area contributed by atoms with Gasteiger partial charge in [0.05, 0.1) is 7.11 Å². The first-order valence-corrected chi connectivity index (χ1v) is 9.49. The molecule has 8 heteroatoms. The van der Waals surface area contributed by atoms with Crippen LogP contribution < -0.4 is 4.90 Å². The van der Waals surface area contributed by atoms with E-state index in [0.717, 1.165) is 21.6 Å². The van der Waals surface area contributed by atoms with E-state index in [2.05, 4.69) is 9.97 Å². The number of aromatic nitrogens is 2. The maximum absolute atomic E-state index is 12.6. The Labute approximate surface area is 177 Å². The molecule has 0 fully saturated rings.